The first-order chi connectivity index (χ1) is 13.8. The topological polar surface area (TPSA) is 110 Å². The Hall–Kier alpha value is -3.01. The number of anilines is 2. The minimum atomic E-state index is -3.32. The van der Waals surface area contributed by atoms with Gasteiger partial charge < -0.3 is 5.32 Å². The monoisotopic (exact) mass is 414 g/mol. The number of nitrogens with one attached hydrogen (secondary N) is 1. The normalized spacial score (nSPS) is 16.3. The van der Waals surface area contributed by atoms with E-state index in [0.717, 1.165) is 12.0 Å². The lowest BCUT2D eigenvalue weighted by molar-refractivity contribution is 0.102. The molecule has 1 saturated heterocycles. The van der Waals surface area contributed by atoms with Gasteiger partial charge in [-0.1, -0.05) is 19.9 Å². The molecule has 0 atom stereocenters. The molecule has 0 spiro atoms. The molecule has 0 unspecified atom stereocenters. The van der Waals surface area contributed by atoms with Crippen LogP contribution in [0.5, 0.6) is 0 Å². The zero-order chi connectivity index (χ0) is 20.6. The van der Waals surface area contributed by atoms with Crippen LogP contribution in [0.4, 0.5) is 11.4 Å². The molecule has 0 saturated carbocycles. The molecule has 3 heterocycles. The van der Waals surface area contributed by atoms with Crippen LogP contribution >= 0.6 is 0 Å². The molecule has 0 bridgehead atoms. The summed E-state index contributed by atoms with van der Waals surface area (Å²) in [6, 6.07) is 8.56. The smallest absolute Gasteiger partial charge is 0.276 e. The van der Waals surface area contributed by atoms with Gasteiger partial charge in [0, 0.05) is 17.8 Å². The van der Waals surface area contributed by atoms with Crippen molar-refractivity contribution in [3.8, 4) is 0 Å². The molecule has 1 aromatic carbocycles. The molecule has 2 aromatic heterocycles. The van der Waals surface area contributed by atoms with E-state index >= 15 is 0 Å². The summed E-state index contributed by atoms with van der Waals surface area (Å²) in [6.07, 6.45) is 2.95. The fourth-order valence-electron chi connectivity index (χ4n) is 3.40. The Morgan fingerprint density at radius 1 is 1.21 bits per heavy atom. The van der Waals surface area contributed by atoms with Crippen molar-refractivity contribution in [3.63, 3.8) is 0 Å². The summed E-state index contributed by atoms with van der Waals surface area (Å²) >= 11 is 0. The van der Waals surface area contributed by atoms with Crippen LogP contribution in [-0.2, 0) is 10.0 Å². The van der Waals surface area contributed by atoms with Gasteiger partial charge in [0.05, 0.1) is 11.4 Å². The Balaban J connectivity index is 1.62. The molecule has 29 heavy (non-hydrogen) atoms. The van der Waals surface area contributed by atoms with E-state index in [4.69, 9.17) is 0 Å². The van der Waals surface area contributed by atoms with Crippen molar-refractivity contribution in [2.24, 2.45) is 0 Å². The SMILES string of the molecule is CC(C)c1cc(C(=O)Nc2cccc(N3CCCCS3(=O)=O)c2)nn2cnnc12. The number of carbonyl (C=O) groups is 1. The molecule has 0 aliphatic carbocycles. The van der Waals surface area contributed by atoms with Gasteiger partial charge in [0.15, 0.2) is 5.65 Å². The molecular weight excluding hydrogens is 392 g/mol. The number of sulfonamides is 1. The number of amides is 1. The van der Waals surface area contributed by atoms with E-state index in [1.165, 1.54) is 15.1 Å². The molecule has 0 radical (unpaired) electrons. The molecular formula is C19H22N6O3S. The Morgan fingerprint density at radius 2 is 2.03 bits per heavy atom. The first-order valence-corrected chi connectivity index (χ1v) is 11.1. The third-order valence-corrected chi connectivity index (χ3v) is 6.76. The van der Waals surface area contributed by atoms with Crippen LogP contribution in [0.15, 0.2) is 36.7 Å². The van der Waals surface area contributed by atoms with Gasteiger partial charge in [-0.25, -0.2) is 8.42 Å². The number of rotatable bonds is 4. The molecule has 1 aliphatic rings. The zero-order valence-electron chi connectivity index (χ0n) is 16.2. The first kappa shape index (κ1) is 19.3. The van der Waals surface area contributed by atoms with Crippen molar-refractivity contribution in [2.45, 2.75) is 32.6 Å². The van der Waals surface area contributed by atoms with Crippen molar-refractivity contribution in [1.29, 1.82) is 0 Å². The lowest BCUT2D eigenvalue weighted by Crippen LogP contribution is -2.37. The van der Waals surface area contributed by atoms with Crippen LogP contribution in [0, 0.1) is 0 Å². The summed E-state index contributed by atoms with van der Waals surface area (Å²) < 4.78 is 27.6. The second-order valence-electron chi connectivity index (χ2n) is 7.34. The summed E-state index contributed by atoms with van der Waals surface area (Å²) in [5, 5.41) is 15.0. The first-order valence-electron chi connectivity index (χ1n) is 9.48. The van der Waals surface area contributed by atoms with E-state index in [2.05, 4.69) is 20.6 Å². The number of benzene rings is 1. The van der Waals surface area contributed by atoms with Crippen LogP contribution in [-0.4, -0.2) is 46.4 Å². The highest BCUT2D eigenvalue weighted by molar-refractivity contribution is 7.92. The third kappa shape index (κ3) is 3.80. The maximum absolute atomic E-state index is 12.8. The Morgan fingerprint density at radius 3 is 2.79 bits per heavy atom. The predicted molar refractivity (Wildman–Crippen MR) is 110 cm³/mol. The number of carbonyl (C=O) groups excluding carboxylic acids is 1. The van der Waals surface area contributed by atoms with E-state index in [0.29, 0.717) is 30.0 Å². The molecule has 1 N–H and O–H groups in total. The number of aromatic nitrogens is 4. The maximum atomic E-state index is 12.8. The summed E-state index contributed by atoms with van der Waals surface area (Å²) in [6.45, 7) is 4.46. The fourth-order valence-corrected chi connectivity index (χ4v) is 5.03. The Labute approximate surface area is 168 Å². The van der Waals surface area contributed by atoms with Crippen LogP contribution in [0.1, 0.15) is 48.7 Å². The van der Waals surface area contributed by atoms with Crippen LogP contribution in [0.25, 0.3) is 5.65 Å². The summed E-state index contributed by atoms with van der Waals surface area (Å²) in [7, 11) is -3.32. The van der Waals surface area contributed by atoms with Gasteiger partial charge in [0.25, 0.3) is 5.91 Å². The Bertz CT molecular complexity index is 1170. The lowest BCUT2D eigenvalue weighted by Gasteiger charge is -2.28. The predicted octanol–water partition coefficient (Wildman–Crippen LogP) is 2.43. The molecule has 3 aromatic rings. The van der Waals surface area contributed by atoms with Gasteiger partial charge in [0.2, 0.25) is 10.0 Å². The van der Waals surface area contributed by atoms with Gasteiger partial charge in [-0.05, 0) is 43.0 Å². The molecule has 1 amide bonds. The number of hydrogen-bond donors (Lipinski definition) is 1. The van der Waals surface area contributed by atoms with Crippen LogP contribution < -0.4 is 9.62 Å². The van der Waals surface area contributed by atoms with Crippen molar-refractivity contribution < 1.29 is 13.2 Å². The number of nitrogens with zero attached hydrogens (tertiary/aromatic N) is 5. The quantitative estimate of drug-likeness (QED) is 0.702. The summed E-state index contributed by atoms with van der Waals surface area (Å²) in [5.74, 6) is -0.102. The van der Waals surface area contributed by atoms with Gasteiger partial charge in [-0.15, -0.1) is 10.2 Å². The van der Waals surface area contributed by atoms with Gasteiger partial charge in [-0.3, -0.25) is 9.10 Å². The number of fused-ring (bicyclic) bond motifs is 1. The Kier molecular flexibility index (Phi) is 4.95. The second-order valence-corrected chi connectivity index (χ2v) is 9.35. The second kappa shape index (κ2) is 7.43. The zero-order valence-corrected chi connectivity index (χ0v) is 17.1. The minimum Gasteiger partial charge on any atom is -0.321 e. The average Bonchev–Trinajstić information content (AvgIpc) is 3.15. The van der Waals surface area contributed by atoms with Gasteiger partial charge >= 0.3 is 0 Å². The van der Waals surface area contributed by atoms with Gasteiger partial charge in [0.1, 0.15) is 12.0 Å². The van der Waals surface area contributed by atoms with E-state index in [-0.39, 0.29) is 23.3 Å². The van der Waals surface area contributed by atoms with Gasteiger partial charge in [-0.2, -0.15) is 9.61 Å². The van der Waals surface area contributed by atoms with Crippen LogP contribution in [0.2, 0.25) is 0 Å². The molecule has 10 heteroatoms. The molecule has 9 nitrogen and oxygen atoms in total. The lowest BCUT2D eigenvalue weighted by atomic mass is 10.0. The van der Waals surface area contributed by atoms with E-state index in [9.17, 15) is 13.2 Å². The fraction of sp³-hybridized carbons (Fsp3) is 0.368. The van der Waals surface area contributed by atoms with E-state index in [1.54, 1.807) is 30.3 Å². The van der Waals surface area contributed by atoms with Crippen molar-refractivity contribution in [2.75, 3.05) is 21.9 Å². The average molecular weight is 414 g/mol. The number of hydrogen-bond acceptors (Lipinski definition) is 6. The van der Waals surface area contributed by atoms with E-state index in [1.807, 2.05) is 13.8 Å². The highest BCUT2D eigenvalue weighted by atomic mass is 32.2. The van der Waals surface area contributed by atoms with Crippen LogP contribution in [0.3, 0.4) is 0 Å². The molecule has 1 fully saturated rings. The van der Waals surface area contributed by atoms with Crippen molar-refractivity contribution >= 4 is 33.0 Å². The molecule has 152 valence electrons. The van der Waals surface area contributed by atoms with Crippen molar-refractivity contribution in [1.82, 2.24) is 19.8 Å². The summed E-state index contributed by atoms with van der Waals surface area (Å²) in [4.78, 5) is 12.8. The molecule has 4 rings (SSSR count). The standard InChI is InChI=1S/C19H22N6O3S/c1-13(2)16-11-17(23-24-12-20-22-18(16)24)19(26)21-14-6-5-7-15(10-14)25-8-3-4-9-29(25,27)28/h5-7,10-13H,3-4,8-9H2,1-2H3,(H,21,26). The highest BCUT2D eigenvalue weighted by Crippen LogP contribution is 2.26. The molecule has 1 aliphatic heterocycles. The third-order valence-electron chi connectivity index (χ3n) is 4.89. The largest absolute Gasteiger partial charge is 0.321 e. The maximum Gasteiger partial charge on any atom is 0.276 e. The highest BCUT2D eigenvalue weighted by Gasteiger charge is 2.26. The summed E-state index contributed by atoms with van der Waals surface area (Å²) in [5.41, 5.74) is 2.78. The minimum absolute atomic E-state index is 0.142. The van der Waals surface area contributed by atoms with Crippen molar-refractivity contribution in [3.05, 3.63) is 47.9 Å². The van der Waals surface area contributed by atoms with E-state index < -0.39 is 10.0 Å².